The number of aromatic hydroxyl groups is 1. The molecule has 3 N–H and O–H groups in total. The van der Waals surface area contributed by atoms with E-state index in [1.807, 2.05) is 19.1 Å². The molecule has 0 heterocycles. The molecule has 1 aliphatic carbocycles. The van der Waals surface area contributed by atoms with Crippen LogP contribution in [-0.4, -0.2) is 11.7 Å². The smallest absolute Gasteiger partial charge is 0.161 e. The molecule has 1 aromatic rings. The predicted molar refractivity (Wildman–Crippen MR) is 63.5 cm³/mol. The van der Waals surface area contributed by atoms with E-state index in [1.165, 1.54) is 12.8 Å². The molecular formula is C13H19NO2. The SMILES string of the molecule is CCOc1cc([C@H](N)CC2CC2)ccc1O. The van der Waals surface area contributed by atoms with Crippen molar-refractivity contribution in [1.82, 2.24) is 0 Å². The summed E-state index contributed by atoms with van der Waals surface area (Å²) in [7, 11) is 0. The summed E-state index contributed by atoms with van der Waals surface area (Å²) in [6.07, 6.45) is 3.66. The van der Waals surface area contributed by atoms with Crippen LogP contribution in [0.4, 0.5) is 0 Å². The van der Waals surface area contributed by atoms with Crippen molar-refractivity contribution in [3.8, 4) is 11.5 Å². The molecule has 1 fully saturated rings. The maximum Gasteiger partial charge on any atom is 0.161 e. The summed E-state index contributed by atoms with van der Waals surface area (Å²) in [6, 6.07) is 5.46. The van der Waals surface area contributed by atoms with Gasteiger partial charge in [-0.3, -0.25) is 0 Å². The zero-order chi connectivity index (χ0) is 11.5. The van der Waals surface area contributed by atoms with Gasteiger partial charge in [-0.25, -0.2) is 0 Å². The first-order valence-corrected chi connectivity index (χ1v) is 5.92. The summed E-state index contributed by atoms with van der Waals surface area (Å²) >= 11 is 0. The predicted octanol–water partition coefficient (Wildman–Crippen LogP) is 2.59. The molecule has 1 atom stereocenters. The Hall–Kier alpha value is -1.22. The molecule has 0 spiro atoms. The van der Waals surface area contributed by atoms with E-state index in [0.29, 0.717) is 12.4 Å². The van der Waals surface area contributed by atoms with Crippen LogP contribution in [0.5, 0.6) is 11.5 Å². The summed E-state index contributed by atoms with van der Waals surface area (Å²) in [5, 5.41) is 9.58. The van der Waals surface area contributed by atoms with E-state index < -0.39 is 0 Å². The number of hydrogen-bond acceptors (Lipinski definition) is 3. The van der Waals surface area contributed by atoms with Crippen LogP contribution in [0, 0.1) is 5.92 Å². The Morgan fingerprint density at radius 1 is 1.50 bits per heavy atom. The van der Waals surface area contributed by atoms with Crippen molar-refractivity contribution >= 4 is 0 Å². The lowest BCUT2D eigenvalue weighted by molar-refractivity contribution is 0.317. The first kappa shape index (κ1) is 11.3. The Balaban J connectivity index is 2.10. The van der Waals surface area contributed by atoms with Crippen LogP contribution in [0.1, 0.15) is 37.8 Å². The lowest BCUT2D eigenvalue weighted by Crippen LogP contribution is -2.11. The van der Waals surface area contributed by atoms with Gasteiger partial charge >= 0.3 is 0 Å². The van der Waals surface area contributed by atoms with Gasteiger partial charge in [0.1, 0.15) is 0 Å². The van der Waals surface area contributed by atoms with Gasteiger partial charge in [0.15, 0.2) is 11.5 Å². The summed E-state index contributed by atoms with van der Waals surface area (Å²) in [5.41, 5.74) is 7.16. The zero-order valence-electron chi connectivity index (χ0n) is 9.65. The van der Waals surface area contributed by atoms with E-state index >= 15 is 0 Å². The summed E-state index contributed by atoms with van der Waals surface area (Å²) in [5.74, 6) is 1.52. The standard InChI is InChI=1S/C13H19NO2/c1-2-16-13-8-10(5-6-12(13)15)11(14)7-9-3-4-9/h5-6,8-9,11,15H,2-4,7,14H2,1H3/t11-/m1/s1. The van der Waals surface area contributed by atoms with Crippen LogP contribution in [-0.2, 0) is 0 Å². The number of hydrogen-bond donors (Lipinski definition) is 2. The van der Waals surface area contributed by atoms with E-state index in [-0.39, 0.29) is 11.8 Å². The Bertz CT molecular complexity index is 361. The number of benzene rings is 1. The van der Waals surface area contributed by atoms with Crippen molar-refractivity contribution in [1.29, 1.82) is 0 Å². The monoisotopic (exact) mass is 221 g/mol. The highest BCUT2D eigenvalue weighted by molar-refractivity contribution is 5.42. The number of rotatable bonds is 5. The third-order valence-electron chi connectivity index (χ3n) is 3.00. The van der Waals surface area contributed by atoms with Crippen LogP contribution in [0.25, 0.3) is 0 Å². The van der Waals surface area contributed by atoms with Crippen LogP contribution in [0.15, 0.2) is 18.2 Å². The van der Waals surface area contributed by atoms with E-state index in [4.69, 9.17) is 10.5 Å². The van der Waals surface area contributed by atoms with E-state index in [1.54, 1.807) is 6.07 Å². The number of ether oxygens (including phenoxy) is 1. The summed E-state index contributed by atoms with van der Waals surface area (Å²) in [4.78, 5) is 0. The highest BCUT2D eigenvalue weighted by Crippen LogP contribution is 2.38. The Kier molecular flexibility index (Phi) is 3.34. The molecule has 0 saturated heterocycles. The fraction of sp³-hybridized carbons (Fsp3) is 0.538. The third-order valence-corrected chi connectivity index (χ3v) is 3.00. The molecule has 16 heavy (non-hydrogen) atoms. The molecule has 3 heteroatoms. The highest BCUT2D eigenvalue weighted by atomic mass is 16.5. The molecule has 1 aliphatic rings. The topological polar surface area (TPSA) is 55.5 Å². The van der Waals surface area contributed by atoms with Gasteiger partial charge < -0.3 is 15.6 Å². The number of phenolic OH excluding ortho intramolecular Hbond substituents is 1. The van der Waals surface area contributed by atoms with Gasteiger partial charge in [-0.1, -0.05) is 18.9 Å². The second-order valence-electron chi connectivity index (χ2n) is 4.45. The summed E-state index contributed by atoms with van der Waals surface area (Å²) < 4.78 is 5.34. The second kappa shape index (κ2) is 4.74. The molecule has 2 rings (SSSR count). The Morgan fingerprint density at radius 3 is 2.88 bits per heavy atom. The quantitative estimate of drug-likeness (QED) is 0.803. The molecule has 0 amide bonds. The minimum atomic E-state index is 0.0623. The van der Waals surface area contributed by atoms with Crippen LogP contribution in [0.2, 0.25) is 0 Å². The molecule has 0 bridgehead atoms. The van der Waals surface area contributed by atoms with Crippen molar-refractivity contribution in [3.63, 3.8) is 0 Å². The normalized spacial score (nSPS) is 17.1. The van der Waals surface area contributed by atoms with Gasteiger partial charge in [-0.05, 0) is 37.0 Å². The molecule has 0 aromatic heterocycles. The Morgan fingerprint density at radius 2 is 2.25 bits per heavy atom. The van der Waals surface area contributed by atoms with Crippen molar-refractivity contribution in [2.75, 3.05) is 6.61 Å². The zero-order valence-corrected chi connectivity index (χ0v) is 9.65. The van der Waals surface area contributed by atoms with Gasteiger partial charge in [0, 0.05) is 6.04 Å². The molecule has 88 valence electrons. The van der Waals surface area contributed by atoms with Gasteiger partial charge in [-0.2, -0.15) is 0 Å². The largest absolute Gasteiger partial charge is 0.504 e. The first-order chi connectivity index (χ1) is 7.70. The third kappa shape index (κ3) is 2.67. The fourth-order valence-corrected chi connectivity index (χ4v) is 1.88. The molecule has 0 unspecified atom stereocenters. The Labute approximate surface area is 96.2 Å². The lowest BCUT2D eigenvalue weighted by Gasteiger charge is -2.14. The van der Waals surface area contributed by atoms with Crippen molar-refractivity contribution in [2.24, 2.45) is 11.7 Å². The second-order valence-corrected chi connectivity index (χ2v) is 4.45. The van der Waals surface area contributed by atoms with E-state index in [2.05, 4.69) is 0 Å². The van der Waals surface area contributed by atoms with Crippen LogP contribution < -0.4 is 10.5 Å². The van der Waals surface area contributed by atoms with Crippen molar-refractivity contribution in [2.45, 2.75) is 32.2 Å². The van der Waals surface area contributed by atoms with E-state index in [0.717, 1.165) is 17.9 Å². The van der Waals surface area contributed by atoms with Crippen molar-refractivity contribution in [3.05, 3.63) is 23.8 Å². The maximum absolute atomic E-state index is 9.58. The molecule has 3 nitrogen and oxygen atoms in total. The van der Waals surface area contributed by atoms with E-state index in [9.17, 15) is 5.11 Å². The van der Waals surface area contributed by atoms with Gasteiger partial charge in [0.2, 0.25) is 0 Å². The number of phenols is 1. The van der Waals surface area contributed by atoms with Crippen LogP contribution >= 0.6 is 0 Å². The molecular weight excluding hydrogens is 202 g/mol. The average Bonchev–Trinajstić information content (AvgIpc) is 3.05. The van der Waals surface area contributed by atoms with Crippen molar-refractivity contribution < 1.29 is 9.84 Å². The number of nitrogens with two attached hydrogens (primary N) is 1. The minimum Gasteiger partial charge on any atom is -0.504 e. The van der Waals surface area contributed by atoms with Gasteiger partial charge in [0.25, 0.3) is 0 Å². The molecule has 1 saturated carbocycles. The van der Waals surface area contributed by atoms with Gasteiger partial charge in [-0.15, -0.1) is 0 Å². The molecule has 0 radical (unpaired) electrons. The lowest BCUT2D eigenvalue weighted by atomic mass is 10.0. The van der Waals surface area contributed by atoms with Gasteiger partial charge in [0.05, 0.1) is 6.61 Å². The summed E-state index contributed by atoms with van der Waals surface area (Å²) in [6.45, 7) is 2.45. The average molecular weight is 221 g/mol. The first-order valence-electron chi connectivity index (χ1n) is 5.92. The maximum atomic E-state index is 9.58. The highest BCUT2D eigenvalue weighted by Gasteiger charge is 2.24. The molecule has 0 aliphatic heterocycles. The molecule has 1 aromatic carbocycles. The van der Waals surface area contributed by atoms with Crippen LogP contribution in [0.3, 0.4) is 0 Å². The minimum absolute atomic E-state index is 0.0623. The fourth-order valence-electron chi connectivity index (χ4n) is 1.88.